The monoisotopic (exact) mass is 357 g/mol. The summed E-state index contributed by atoms with van der Waals surface area (Å²) in [5.74, 6) is 0.488. The van der Waals surface area contributed by atoms with Crippen LogP contribution in [0, 0.1) is 5.92 Å². The van der Waals surface area contributed by atoms with E-state index in [0.717, 1.165) is 23.4 Å². The summed E-state index contributed by atoms with van der Waals surface area (Å²) in [6, 6.07) is 7.59. The van der Waals surface area contributed by atoms with Crippen LogP contribution in [0.2, 0.25) is 0 Å². The van der Waals surface area contributed by atoms with Crippen LogP contribution in [-0.4, -0.2) is 29.7 Å². The highest BCUT2D eigenvalue weighted by atomic mass is 35.5. The second-order valence-corrected chi connectivity index (χ2v) is 7.07. The Bertz CT molecular complexity index is 535. The third kappa shape index (κ3) is 6.41. The van der Waals surface area contributed by atoms with Crippen LogP contribution < -0.4 is 16.4 Å². The van der Waals surface area contributed by atoms with Gasteiger partial charge in [0.05, 0.1) is 5.25 Å². The van der Waals surface area contributed by atoms with Crippen LogP contribution in [0.5, 0.6) is 0 Å². The van der Waals surface area contributed by atoms with E-state index in [9.17, 15) is 9.59 Å². The first-order valence-electron chi connectivity index (χ1n) is 7.54. The Morgan fingerprint density at radius 3 is 2.39 bits per heavy atom. The van der Waals surface area contributed by atoms with Crippen molar-refractivity contribution in [1.29, 1.82) is 0 Å². The van der Waals surface area contributed by atoms with Gasteiger partial charge in [-0.3, -0.25) is 9.59 Å². The lowest BCUT2D eigenvalue weighted by Crippen LogP contribution is -2.44. The van der Waals surface area contributed by atoms with E-state index in [4.69, 9.17) is 5.73 Å². The van der Waals surface area contributed by atoms with Gasteiger partial charge in [-0.1, -0.05) is 0 Å². The van der Waals surface area contributed by atoms with Crippen molar-refractivity contribution in [3.8, 4) is 0 Å². The molecule has 2 atom stereocenters. The highest BCUT2D eigenvalue weighted by molar-refractivity contribution is 8.00. The zero-order valence-corrected chi connectivity index (χ0v) is 15.0. The lowest BCUT2D eigenvalue weighted by Gasteiger charge is -2.19. The molecular formula is C16H24ClN3O2S. The van der Waals surface area contributed by atoms with E-state index in [1.807, 2.05) is 31.2 Å². The molecule has 0 aliphatic heterocycles. The zero-order valence-electron chi connectivity index (χ0n) is 13.4. The number of benzene rings is 1. The number of halogens is 1. The minimum absolute atomic E-state index is 0. The molecule has 1 saturated carbocycles. The number of amides is 2. The second kappa shape index (κ2) is 9.15. The molecule has 1 aliphatic carbocycles. The van der Waals surface area contributed by atoms with Crippen molar-refractivity contribution in [2.75, 3.05) is 11.9 Å². The number of nitrogens with two attached hydrogens (primary N) is 1. The smallest absolute Gasteiger partial charge is 0.233 e. The van der Waals surface area contributed by atoms with Crippen LogP contribution in [0.15, 0.2) is 29.2 Å². The molecule has 128 valence electrons. The van der Waals surface area contributed by atoms with Gasteiger partial charge in [-0.05, 0) is 49.9 Å². The van der Waals surface area contributed by atoms with Gasteiger partial charge >= 0.3 is 0 Å². The molecule has 0 heterocycles. The number of hydrogen-bond donors (Lipinski definition) is 3. The SMILES string of the molecule is CC(=O)Nc1ccc(SC(C)C(=O)NC(CN)C2CC2)cc1.Cl. The van der Waals surface area contributed by atoms with Crippen LogP contribution in [0.4, 0.5) is 5.69 Å². The molecule has 1 aromatic carbocycles. The van der Waals surface area contributed by atoms with Crippen molar-refractivity contribution in [3.05, 3.63) is 24.3 Å². The first-order chi connectivity index (χ1) is 10.5. The fourth-order valence-electron chi connectivity index (χ4n) is 2.25. The molecule has 1 aromatic rings. The number of rotatable bonds is 7. The summed E-state index contributed by atoms with van der Waals surface area (Å²) in [7, 11) is 0. The summed E-state index contributed by atoms with van der Waals surface area (Å²) in [5.41, 5.74) is 6.47. The van der Waals surface area contributed by atoms with Crippen LogP contribution in [0.1, 0.15) is 26.7 Å². The quantitative estimate of drug-likeness (QED) is 0.654. The normalized spacial score (nSPS) is 16.0. The van der Waals surface area contributed by atoms with Crippen molar-refractivity contribution in [3.63, 3.8) is 0 Å². The fraction of sp³-hybridized carbons (Fsp3) is 0.500. The Morgan fingerprint density at radius 2 is 1.91 bits per heavy atom. The summed E-state index contributed by atoms with van der Waals surface area (Å²) in [4.78, 5) is 24.2. The predicted molar refractivity (Wildman–Crippen MR) is 97.0 cm³/mol. The summed E-state index contributed by atoms with van der Waals surface area (Å²) in [6.07, 6.45) is 2.32. The third-order valence-corrected chi connectivity index (χ3v) is 4.74. The molecule has 4 N–H and O–H groups in total. The average Bonchev–Trinajstić information content (AvgIpc) is 3.30. The van der Waals surface area contributed by atoms with Gasteiger partial charge in [0.2, 0.25) is 11.8 Å². The Kier molecular flexibility index (Phi) is 7.88. The maximum absolute atomic E-state index is 12.2. The van der Waals surface area contributed by atoms with E-state index in [1.54, 1.807) is 0 Å². The number of thioether (sulfide) groups is 1. The zero-order chi connectivity index (χ0) is 16.1. The van der Waals surface area contributed by atoms with Crippen molar-refractivity contribution in [2.45, 2.75) is 42.9 Å². The molecule has 5 nitrogen and oxygen atoms in total. The van der Waals surface area contributed by atoms with Gasteiger partial charge in [0, 0.05) is 30.1 Å². The maximum Gasteiger partial charge on any atom is 0.233 e. The van der Waals surface area contributed by atoms with E-state index in [2.05, 4.69) is 10.6 Å². The maximum atomic E-state index is 12.2. The van der Waals surface area contributed by atoms with Crippen LogP contribution >= 0.6 is 24.2 Å². The molecule has 0 saturated heterocycles. The van der Waals surface area contributed by atoms with Gasteiger partial charge < -0.3 is 16.4 Å². The summed E-state index contributed by atoms with van der Waals surface area (Å²) in [6.45, 7) is 3.87. The first kappa shape index (κ1) is 19.8. The molecule has 2 rings (SSSR count). The lowest BCUT2D eigenvalue weighted by molar-refractivity contribution is -0.121. The molecule has 1 aliphatic rings. The molecule has 0 aromatic heterocycles. The van der Waals surface area contributed by atoms with Crippen molar-refractivity contribution < 1.29 is 9.59 Å². The molecule has 2 amide bonds. The van der Waals surface area contributed by atoms with Crippen LogP contribution in [0.3, 0.4) is 0 Å². The molecule has 2 unspecified atom stereocenters. The minimum atomic E-state index is -0.181. The van der Waals surface area contributed by atoms with Gasteiger partial charge in [-0.15, -0.1) is 24.2 Å². The predicted octanol–water partition coefficient (Wildman–Crippen LogP) is 2.40. The van der Waals surface area contributed by atoms with Crippen molar-refractivity contribution >= 4 is 41.7 Å². The van der Waals surface area contributed by atoms with Crippen molar-refractivity contribution in [2.24, 2.45) is 11.7 Å². The molecule has 1 fully saturated rings. The highest BCUT2D eigenvalue weighted by Gasteiger charge is 2.32. The molecular weight excluding hydrogens is 334 g/mol. The van der Waals surface area contributed by atoms with E-state index in [1.165, 1.54) is 18.7 Å². The fourth-order valence-corrected chi connectivity index (χ4v) is 3.12. The summed E-state index contributed by atoms with van der Waals surface area (Å²) < 4.78 is 0. The minimum Gasteiger partial charge on any atom is -0.351 e. The molecule has 0 spiro atoms. The summed E-state index contributed by atoms with van der Waals surface area (Å²) in [5, 5.41) is 5.58. The van der Waals surface area contributed by atoms with Crippen molar-refractivity contribution in [1.82, 2.24) is 5.32 Å². The standard InChI is InChI=1S/C16H23N3O2S.ClH/c1-10(16(21)19-15(9-17)12-3-4-12)22-14-7-5-13(6-8-14)18-11(2)20;/h5-8,10,12,15H,3-4,9,17H2,1-2H3,(H,18,20)(H,19,21);1H. The number of carbonyl (C=O) groups excluding carboxylic acids is 2. The number of nitrogens with one attached hydrogen (secondary N) is 2. The number of anilines is 1. The molecule has 7 heteroatoms. The van der Waals surface area contributed by atoms with E-state index >= 15 is 0 Å². The van der Waals surface area contributed by atoms with E-state index in [0.29, 0.717) is 12.5 Å². The van der Waals surface area contributed by atoms with Gasteiger partial charge in [-0.2, -0.15) is 0 Å². The topological polar surface area (TPSA) is 84.2 Å². The Balaban J connectivity index is 0.00000264. The van der Waals surface area contributed by atoms with Gasteiger partial charge in [0.15, 0.2) is 0 Å². The van der Waals surface area contributed by atoms with E-state index in [-0.39, 0.29) is 35.5 Å². The van der Waals surface area contributed by atoms with Crippen LogP contribution in [0.25, 0.3) is 0 Å². The van der Waals surface area contributed by atoms with Gasteiger partial charge in [-0.25, -0.2) is 0 Å². The molecule has 0 radical (unpaired) electrons. The second-order valence-electron chi connectivity index (χ2n) is 5.65. The van der Waals surface area contributed by atoms with E-state index < -0.39 is 0 Å². The van der Waals surface area contributed by atoms with Gasteiger partial charge in [0.1, 0.15) is 0 Å². The number of carbonyl (C=O) groups is 2. The molecule has 23 heavy (non-hydrogen) atoms. The van der Waals surface area contributed by atoms with Crippen LogP contribution in [-0.2, 0) is 9.59 Å². The van der Waals surface area contributed by atoms with Gasteiger partial charge in [0.25, 0.3) is 0 Å². The largest absolute Gasteiger partial charge is 0.351 e. The Morgan fingerprint density at radius 1 is 1.30 bits per heavy atom. The highest BCUT2D eigenvalue weighted by Crippen LogP contribution is 2.32. The number of hydrogen-bond acceptors (Lipinski definition) is 4. The Hall–Kier alpha value is -1.24. The summed E-state index contributed by atoms with van der Waals surface area (Å²) >= 11 is 1.50. The lowest BCUT2D eigenvalue weighted by atomic mass is 10.2. The molecule has 0 bridgehead atoms. The third-order valence-electron chi connectivity index (χ3n) is 3.63. The average molecular weight is 358 g/mol. The first-order valence-corrected chi connectivity index (χ1v) is 8.42. The Labute approximate surface area is 147 Å².